The molecule has 1 aromatic carbocycles. The van der Waals surface area contributed by atoms with Crippen LogP contribution in [0.2, 0.25) is 0 Å². The molecule has 27 heavy (non-hydrogen) atoms. The van der Waals surface area contributed by atoms with E-state index in [0.29, 0.717) is 13.2 Å². The molecule has 0 fully saturated rings. The highest BCUT2D eigenvalue weighted by Crippen LogP contribution is 2.15. The Hall–Kier alpha value is -2.56. The molecule has 5 nitrogen and oxygen atoms in total. The highest BCUT2D eigenvalue weighted by atomic mass is 16.5. The first kappa shape index (κ1) is 20.7. The Kier molecular flexibility index (Phi) is 7.65. The van der Waals surface area contributed by atoms with Gasteiger partial charge in [0.25, 0.3) is 0 Å². The lowest BCUT2D eigenvalue weighted by Crippen LogP contribution is -2.37. The van der Waals surface area contributed by atoms with Crippen molar-refractivity contribution in [3.63, 3.8) is 0 Å². The van der Waals surface area contributed by atoms with Crippen LogP contribution in [0.4, 0.5) is 0 Å². The summed E-state index contributed by atoms with van der Waals surface area (Å²) in [5.41, 5.74) is 3.55. The van der Waals surface area contributed by atoms with E-state index in [1.807, 2.05) is 37.1 Å². The molecule has 0 spiro atoms. The molecule has 2 rings (SSSR count). The first-order valence-electron chi connectivity index (χ1n) is 9.55. The van der Waals surface area contributed by atoms with Gasteiger partial charge in [0, 0.05) is 30.9 Å². The minimum atomic E-state index is -0.322. The molecule has 1 amide bonds. The molecule has 1 heterocycles. The number of rotatable bonds is 9. The van der Waals surface area contributed by atoms with Gasteiger partial charge < -0.3 is 14.2 Å². The van der Waals surface area contributed by atoms with Gasteiger partial charge >= 0.3 is 5.97 Å². The van der Waals surface area contributed by atoms with Crippen LogP contribution >= 0.6 is 0 Å². The molecule has 1 aromatic heterocycles. The van der Waals surface area contributed by atoms with Gasteiger partial charge in [-0.1, -0.05) is 29.8 Å². The van der Waals surface area contributed by atoms with Gasteiger partial charge in [0.2, 0.25) is 5.91 Å². The van der Waals surface area contributed by atoms with E-state index in [1.165, 1.54) is 11.1 Å². The van der Waals surface area contributed by atoms with Gasteiger partial charge in [0.15, 0.2) is 0 Å². The fourth-order valence-electron chi connectivity index (χ4n) is 3.07. The second-order valence-electron chi connectivity index (χ2n) is 7.04. The van der Waals surface area contributed by atoms with Crippen molar-refractivity contribution < 1.29 is 14.3 Å². The Morgan fingerprint density at radius 1 is 1.15 bits per heavy atom. The van der Waals surface area contributed by atoms with Gasteiger partial charge in [0.05, 0.1) is 19.6 Å². The molecule has 0 saturated heterocycles. The van der Waals surface area contributed by atoms with Crippen LogP contribution in [-0.2, 0) is 27.4 Å². The Balaban J connectivity index is 2.05. The molecule has 0 unspecified atom stereocenters. The third-order valence-electron chi connectivity index (χ3n) is 4.48. The molecule has 2 aromatic rings. The van der Waals surface area contributed by atoms with Gasteiger partial charge in [-0.15, -0.1) is 0 Å². The van der Waals surface area contributed by atoms with E-state index in [9.17, 15) is 9.59 Å². The fraction of sp³-hybridized carbons (Fsp3) is 0.455. The molecule has 0 bridgehead atoms. The van der Waals surface area contributed by atoms with Crippen LogP contribution < -0.4 is 0 Å². The molecular weight excluding hydrogens is 340 g/mol. The Morgan fingerprint density at radius 2 is 1.93 bits per heavy atom. The SMILES string of the molecule is CCOC(=O)CCC(=O)N(Cc1cccn1Cc1cccc(C)c1)C(C)C. The number of hydrogen-bond donors (Lipinski definition) is 0. The number of benzene rings is 1. The summed E-state index contributed by atoms with van der Waals surface area (Å²) in [5, 5.41) is 0. The Labute approximate surface area is 161 Å². The number of nitrogens with zero attached hydrogens (tertiary/aromatic N) is 2. The summed E-state index contributed by atoms with van der Waals surface area (Å²) in [4.78, 5) is 26.0. The number of carbonyl (C=O) groups excluding carboxylic acids is 2. The van der Waals surface area contributed by atoms with Crippen LogP contribution in [0.15, 0.2) is 42.6 Å². The number of aromatic nitrogens is 1. The van der Waals surface area contributed by atoms with E-state index < -0.39 is 0 Å². The zero-order valence-electron chi connectivity index (χ0n) is 16.8. The average Bonchev–Trinajstić information content (AvgIpc) is 3.04. The first-order valence-corrected chi connectivity index (χ1v) is 9.55. The minimum Gasteiger partial charge on any atom is -0.466 e. The van der Waals surface area contributed by atoms with E-state index in [0.717, 1.165) is 12.2 Å². The van der Waals surface area contributed by atoms with Crippen LogP contribution in [0.1, 0.15) is 50.4 Å². The van der Waals surface area contributed by atoms with Crippen molar-refractivity contribution in [2.24, 2.45) is 0 Å². The fourth-order valence-corrected chi connectivity index (χ4v) is 3.07. The maximum Gasteiger partial charge on any atom is 0.306 e. The van der Waals surface area contributed by atoms with Gasteiger partial charge in [-0.05, 0) is 45.4 Å². The maximum atomic E-state index is 12.6. The van der Waals surface area contributed by atoms with Crippen LogP contribution in [-0.4, -0.2) is 34.0 Å². The second-order valence-corrected chi connectivity index (χ2v) is 7.04. The van der Waals surface area contributed by atoms with Crippen LogP contribution in [0.5, 0.6) is 0 Å². The standard InChI is InChI=1S/C22H30N2O3/c1-5-27-22(26)12-11-21(25)24(17(2)3)16-20-10-7-13-23(20)15-19-9-6-8-18(4)14-19/h6-10,13-14,17H,5,11-12,15-16H2,1-4H3. The van der Waals surface area contributed by atoms with Crippen molar-refractivity contribution in [1.29, 1.82) is 0 Å². The third kappa shape index (κ3) is 6.27. The normalized spacial score (nSPS) is 10.9. The number of ether oxygens (including phenoxy) is 1. The van der Waals surface area contributed by atoms with Crippen molar-refractivity contribution >= 4 is 11.9 Å². The number of esters is 1. The number of amides is 1. The number of carbonyl (C=O) groups is 2. The molecule has 0 N–H and O–H groups in total. The zero-order chi connectivity index (χ0) is 19.8. The van der Waals surface area contributed by atoms with Crippen molar-refractivity contribution in [3.8, 4) is 0 Å². The lowest BCUT2D eigenvalue weighted by Gasteiger charge is -2.27. The largest absolute Gasteiger partial charge is 0.466 e. The van der Waals surface area contributed by atoms with E-state index >= 15 is 0 Å². The van der Waals surface area contributed by atoms with E-state index in [1.54, 1.807) is 6.92 Å². The van der Waals surface area contributed by atoms with Crippen LogP contribution in [0, 0.1) is 6.92 Å². The zero-order valence-corrected chi connectivity index (χ0v) is 16.8. The van der Waals surface area contributed by atoms with E-state index in [2.05, 4.69) is 35.8 Å². The van der Waals surface area contributed by atoms with Crippen molar-refractivity contribution in [3.05, 3.63) is 59.4 Å². The van der Waals surface area contributed by atoms with Crippen LogP contribution in [0.3, 0.4) is 0 Å². The van der Waals surface area contributed by atoms with Crippen molar-refractivity contribution in [2.75, 3.05) is 6.61 Å². The summed E-state index contributed by atoms with van der Waals surface area (Å²) < 4.78 is 7.09. The van der Waals surface area contributed by atoms with Gasteiger partial charge in [-0.3, -0.25) is 9.59 Å². The molecule has 0 saturated carbocycles. The smallest absolute Gasteiger partial charge is 0.306 e. The van der Waals surface area contributed by atoms with Crippen molar-refractivity contribution in [1.82, 2.24) is 9.47 Å². The third-order valence-corrected chi connectivity index (χ3v) is 4.48. The molecule has 0 radical (unpaired) electrons. The van der Waals surface area contributed by atoms with E-state index in [-0.39, 0.29) is 30.8 Å². The lowest BCUT2D eigenvalue weighted by molar-refractivity contribution is -0.146. The topological polar surface area (TPSA) is 51.5 Å². The maximum absolute atomic E-state index is 12.6. The summed E-state index contributed by atoms with van der Waals surface area (Å²) in [5.74, 6) is -0.348. The van der Waals surface area contributed by atoms with Gasteiger partial charge in [-0.25, -0.2) is 0 Å². The summed E-state index contributed by atoms with van der Waals surface area (Å²) in [6.07, 6.45) is 2.34. The summed E-state index contributed by atoms with van der Waals surface area (Å²) in [6, 6.07) is 12.5. The van der Waals surface area contributed by atoms with Crippen LogP contribution in [0.25, 0.3) is 0 Å². The molecule has 146 valence electrons. The Morgan fingerprint density at radius 3 is 2.59 bits per heavy atom. The molecule has 0 aliphatic rings. The molecule has 0 aliphatic carbocycles. The molecule has 0 atom stereocenters. The number of aryl methyl sites for hydroxylation is 1. The second kappa shape index (κ2) is 9.95. The van der Waals surface area contributed by atoms with Crippen molar-refractivity contribution in [2.45, 2.75) is 59.7 Å². The quantitative estimate of drug-likeness (QED) is 0.629. The summed E-state index contributed by atoms with van der Waals surface area (Å²) >= 11 is 0. The highest BCUT2D eigenvalue weighted by molar-refractivity contribution is 5.81. The van der Waals surface area contributed by atoms with Gasteiger partial charge in [-0.2, -0.15) is 0 Å². The highest BCUT2D eigenvalue weighted by Gasteiger charge is 2.20. The lowest BCUT2D eigenvalue weighted by atomic mass is 10.1. The van der Waals surface area contributed by atoms with Gasteiger partial charge in [0.1, 0.15) is 0 Å². The minimum absolute atomic E-state index is 0.0265. The predicted octanol–water partition coefficient (Wildman–Crippen LogP) is 3.93. The summed E-state index contributed by atoms with van der Waals surface area (Å²) in [6.45, 7) is 9.48. The predicted molar refractivity (Wildman–Crippen MR) is 106 cm³/mol. The van der Waals surface area contributed by atoms with E-state index in [4.69, 9.17) is 4.74 Å². The molecule has 5 heteroatoms. The first-order chi connectivity index (χ1) is 12.9. The summed E-state index contributed by atoms with van der Waals surface area (Å²) in [7, 11) is 0. The number of hydrogen-bond acceptors (Lipinski definition) is 3. The Bertz CT molecular complexity index is 764. The molecular formula is C22H30N2O3. The monoisotopic (exact) mass is 370 g/mol. The molecule has 0 aliphatic heterocycles. The average molecular weight is 370 g/mol.